The summed E-state index contributed by atoms with van der Waals surface area (Å²) in [5, 5.41) is 2.51. The number of nitrogens with one attached hydrogen (secondary N) is 1. The van der Waals surface area contributed by atoms with Gasteiger partial charge in [0.25, 0.3) is 0 Å². The van der Waals surface area contributed by atoms with Crippen LogP contribution in [0.1, 0.15) is 34.6 Å². The third-order valence-corrected chi connectivity index (χ3v) is 2.33. The first-order chi connectivity index (χ1) is 9.29. The standard InChI is InChI=1S/C13H17N3O4/c1-7(2)20-6-11(17)16-10-4-8(12(14)18)3-9(5-10)13(15)19/h3-5,7H,6H2,1-2H3,(H2,14,18)(H2,15,19)(H,16,17). The van der Waals surface area contributed by atoms with Crippen LogP contribution in [0.15, 0.2) is 18.2 Å². The summed E-state index contributed by atoms with van der Waals surface area (Å²) in [6.07, 6.45) is -0.0844. The molecule has 0 unspecified atom stereocenters. The number of benzene rings is 1. The Balaban J connectivity index is 2.91. The Morgan fingerprint density at radius 1 is 1.10 bits per heavy atom. The molecule has 0 saturated carbocycles. The summed E-state index contributed by atoms with van der Waals surface area (Å²) in [5.41, 5.74) is 10.7. The number of carbonyl (C=O) groups is 3. The van der Waals surface area contributed by atoms with E-state index in [2.05, 4.69) is 5.32 Å². The van der Waals surface area contributed by atoms with Gasteiger partial charge >= 0.3 is 0 Å². The number of hydrogen-bond acceptors (Lipinski definition) is 4. The van der Waals surface area contributed by atoms with Crippen LogP contribution in [0.25, 0.3) is 0 Å². The molecule has 0 aliphatic carbocycles. The molecule has 0 aliphatic rings. The molecular weight excluding hydrogens is 262 g/mol. The van der Waals surface area contributed by atoms with Crippen molar-refractivity contribution in [2.75, 3.05) is 11.9 Å². The van der Waals surface area contributed by atoms with E-state index >= 15 is 0 Å². The predicted octanol–water partition coefficient (Wildman–Crippen LogP) is 0.248. The second-order valence-corrected chi connectivity index (χ2v) is 4.44. The largest absolute Gasteiger partial charge is 0.369 e. The number of nitrogens with two attached hydrogens (primary N) is 2. The fraction of sp³-hybridized carbons (Fsp3) is 0.308. The number of rotatable bonds is 6. The lowest BCUT2D eigenvalue weighted by atomic mass is 10.1. The van der Waals surface area contributed by atoms with Gasteiger partial charge in [-0.05, 0) is 32.0 Å². The molecule has 7 heteroatoms. The lowest BCUT2D eigenvalue weighted by Gasteiger charge is -2.10. The van der Waals surface area contributed by atoms with Gasteiger partial charge < -0.3 is 21.5 Å². The van der Waals surface area contributed by atoms with Crippen LogP contribution in [-0.2, 0) is 9.53 Å². The van der Waals surface area contributed by atoms with Crippen LogP contribution >= 0.6 is 0 Å². The zero-order valence-corrected chi connectivity index (χ0v) is 11.3. The molecule has 1 aromatic carbocycles. The van der Waals surface area contributed by atoms with Gasteiger partial charge in [-0.1, -0.05) is 0 Å². The number of amides is 3. The van der Waals surface area contributed by atoms with Crippen molar-refractivity contribution in [2.45, 2.75) is 20.0 Å². The van der Waals surface area contributed by atoms with Gasteiger partial charge in [0.05, 0.1) is 6.10 Å². The third-order valence-electron chi connectivity index (χ3n) is 2.33. The highest BCUT2D eigenvalue weighted by molar-refractivity contribution is 6.01. The van der Waals surface area contributed by atoms with Crippen molar-refractivity contribution < 1.29 is 19.1 Å². The summed E-state index contributed by atoms with van der Waals surface area (Å²) in [6.45, 7) is 3.46. The molecule has 108 valence electrons. The molecule has 5 N–H and O–H groups in total. The van der Waals surface area contributed by atoms with Crippen LogP contribution in [-0.4, -0.2) is 30.4 Å². The van der Waals surface area contributed by atoms with Gasteiger partial charge in [0.1, 0.15) is 6.61 Å². The van der Waals surface area contributed by atoms with Gasteiger partial charge in [0.15, 0.2) is 0 Å². The Morgan fingerprint density at radius 2 is 1.60 bits per heavy atom. The van der Waals surface area contributed by atoms with Crippen molar-refractivity contribution in [1.29, 1.82) is 0 Å². The minimum atomic E-state index is -0.720. The summed E-state index contributed by atoms with van der Waals surface area (Å²) in [4.78, 5) is 33.9. The highest BCUT2D eigenvalue weighted by Gasteiger charge is 2.11. The highest BCUT2D eigenvalue weighted by atomic mass is 16.5. The first-order valence-corrected chi connectivity index (χ1v) is 5.95. The maximum atomic E-state index is 11.6. The summed E-state index contributed by atoms with van der Waals surface area (Å²) >= 11 is 0. The first kappa shape index (κ1) is 15.6. The van der Waals surface area contributed by atoms with E-state index in [0.717, 1.165) is 0 Å². The van der Waals surface area contributed by atoms with Crippen LogP contribution in [0, 0.1) is 0 Å². The molecule has 0 fully saturated rings. The molecule has 0 atom stereocenters. The lowest BCUT2D eigenvalue weighted by Crippen LogP contribution is -2.22. The molecule has 0 bridgehead atoms. The van der Waals surface area contributed by atoms with E-state index in [0.29, 0.717) is 0 Å². The molecule has 0 heterocycles. The van der Waals surface area contributed by atoms with Gasteiger partial charge in [-0.2, -0.15) is 0 Å². The Morgan fingerprint density at radius 3 is 2.00 bits per heavy atom. The Bertz CT molecular complexity index is 508. The fourth-order valence-electron chi connectivity index (χ4n) is 1.42. The number of hydrogen-bond donors (Lipinski definition) is 3. The zero-order chi connectivity index (χ0) is 15.3. The van der Waals surface area contributed by atoms with Crippen LogP contribution in [0.2, 0.25) is 0 Å². The van der Waals surface area contributed by atoms with Crippen molar-refractivity contribution in [2.24, 2.45) is 11.5 Å². The van der Waals surface area contributed by atoms with Crippen LogP contribution < -0.4 is 16.8 Å². The smallest absolute Gasteiger partial charge is 0.250 e. The van der Waals surface area contributed by atoms with E-state index in [1.54, 1.807) is 13.8 Å². The van der Waals surface area contributed by atoms with E-state index in [4.69, 9.17) is 16.2 Å². The van der Waals surface area contributed by atoms with Gasteiger partial charge in [0, 0.05) is 16.8 Å². The second kappa shape index (κ2) is 6.67. The Kier molecular flexibility index (Phi) is 5.22. The number of ether oxygens (including phenoxy) is 1. The molecule has 20 heavy (non-hydrogen) atoms. The quantitative estimate of drug-likeness (QED) is 0.690. The minimum Gasteiger partial charge on any atom is -0.369 e. The predicted molar refractivity (Wildman–Crippen MR) is 73.2 cm³/mol. The fourth-order valence-corrected chi connectivity index (χ4v) is 1.42. The summed E-state index contributed by atoms with van der Waals surface area (Å²) in [7, 11) is 0. The first-order valence-electron chi connectivity index (χ1n) is 5.95. The van der Waals surface area contributed by atoms with E-state index in [1.807, 2.05) is 0 Å². The summed E-state index contributed by atoms with van der Waals surface area (Å²) < 4.78 is 5.14. The van der Waals surface area contributed by atoms with E-state index in [1.165, 1.54) is 18.2 Å². The van der Waals surface area contributed by atoms with Crippen molar-refractivity contribution in [3.8, 4) is 0 Å². The van der Waals surface area contributed by atoms with Crippen LogP contribution in [0.5, 0.6) is 0 Å². The van der Waals surface area contributed by atoms with Crippen LogP contribution in [0.4, 0.5) is 5.69 Å². The lowest BCUT2D eigenvalue weighted by molar-refractivity contribution is -0.121. The van der Waals surface area contributed by atoms with E-state index in [-0.39, 0.29) is 29.5 Å². The molecule has 7 nitrogen and oxygen atoms in total. The normalized spacial score (nSPS) is 10.3. The molecule has 0 radical (unpaired) electrons. The maximum Gasteiger partial charge on any atom is 0.250 e. The summed E-state index contributed by atoms with van der Waals surface area (Å²) in [6, 6.07) is 4.00. The SMILES string of the molecule is CC(C)OCC(=O)Nc1cc(C(N)=O)cc(C(N)=O)c1. The monoisotopic (exact) mass is 279 g/mol. The third kappa shape index (κ3) is 4.69. The molecular formula is C13H17N3O4. The van der Waals surface area contributed by atoms with Gasteiger partial charge in [-0.15, -0.1) is 0 Å². The second-order valence-electron chi connectivity index (χ2n) is 4.44. The number of primary amides is 2. The molecule has 0 saturated heterocycles. The van der Waals surface area contributed by atoms with E-state index < -0.39 is 17.7 Å². The van der Waals surface area contributed by atoms with E-state index in [9.17, 15) is 14.4 Å². The topological polar surface area (TPSA) is 125 Å². The molecule has 1 aromatic rings. The maximum absolute atomic E-state index is 11.6. The van der Waals surface area contributed by atoms with Crippen LogP contribution in [0.3, 0.4) is 0 Å². The minimum absolute atomic E-state index is 0.0844. The van der Waals surface area contributed by atoms with Crippen molar-refractivity contribution in [1.82, 2.24) is 0 Å². The summed E-state index contributed by atoms with van der Waals surface area (Å²) in [5.74, 6) is -1.85. The highest BCUT2D eigenvalue weighted by Crippen LogP contribution is 2.15. The van der Waals surface area contributed by atoms with Crippen molar-refractivity contribution >= 4 is 23.4 Å². The average molecular weight is 279 g/mol. The molecule has 1 rings (SSSR count). The molecule has 0 aliphatic heterocycles. The van der Waals surface area contributed by atoms with Gasteiger partial charge in [-0.3, -0.25) is 14.4 Å². The Labute approximate surface area is 116 Å². The number of carbonyl (C=O) groups excluding carboxylic acids is 3. The number of anilines is 1. The molecule has 0 spiro atoms. The molecule has 0 aromatic heterocycles. The van der Waals surface area contributed by atoms with Gasteiger partial charge in [-0.25, -0.2) is 0 Å². The average Bonchev–Trinajstić information content (AvgIpc) is 2.35. The van der Waals surface area contributed by atoms with Crippen molar-refractivity contribution in [3.05, 3.63) is 29.3 Å². The van der Waals surface area contributed by atoms with Crippen molar-refractivity contribution in [3.63, 3.8) is 0 Å². The molecule has 3 amide bonds. The van der Waals surface area contributed by atoms with Gasteiger partial charge in [0.2, 0.25) is 17.7 Å². The zero-order valence-electron chi connectivity index (χ0n) is 11.3. The Hall–Kier alpha value is -2.41.